The smallest absolute Gasteiger partial charge is 0.234 e. The largest absolute Gasteiger partial charge is 0.325 e. The van der Waals surface area contributed by atoms with E-state index < -0.39 is 0 Å². The number of nitrogens with zero attached hydrogens (tertiary/aromatic N) is 4. The Bertz CT molecular complexity index is 810. The van der Waals surface area contributed by atoms with E-state index in [9.17, 15) is 4.79 Å². The summed E-state index contributed by atoms with van der Waals surface area (Å²) in [5.74, 6) is 0.202. The molecule has 0 bridgehead atoms. The van der Waals surface area contributed by atoms with E-state index in [1.54, 1.807) is 11.0 Å². The number of hydrogen-bond acceptors (Lipinski definition) is 4. The van der Waals surface area contributed by atoms with Crippen LogP contribution in [0.2, 0.25) is 0 Å². The Morgan fingerprint density at radius 1 is 1.22 bits per heavy atom. The number of aromatic nitrogens is 4. The number of aryl methyl sites for hydroxylation is 2. The Hall–Kier alpha value is -2.54. The third-order valence-corrected chi connectivity index (χ3v) is 4.39. The lowest BCUT2D eigenvalue weighted by atomic mass is 10.1. The molecule has 0 saturated heterocycles. The van der Waals surface area contributed by atoms with E-state index in [1.807, 2.05) is 61.2 Å². The van der Waals surface area contributed by atoms with Gasteiger partial charge < -0.3 is 5.32 Å². The first kappa shape index (κ1) is 15.4. The second-order valence-electron chi connectivity index (χ2n) is 5.16. The van der Waals surface area contributed by atoms with Gasteiger partial charge in [0, 0.05) is 18.1 Å². The van der Waals surface area contributed by atoms with Crippen molar-refractivity contribution < 1.29 is 4.79 Å². The number of benzene rings is 1. The van der Waals surface area contributed by atoms with Crippen LogP contribution in [-0.2, 0) is 4.79 Å². The van der Waals surface area contributed by atoms with Gasteiger partial charge in [-0.2, -0.15) is 0 Å². The summed E-state index contributed by atoms with van der Waals surface area (Å²) in [5, 5.41) is 11.5. The summed E-state index contributed by atoms with van der Waals surface area (Å²) in [7, 11) is 0. The highest BCUT2D eigenvalue weighted by Crippen LogP contribution is 2.17. The summed E-state index contributed by atoms with van der Waals surface area (Å²) in [5.41, 5.74) is 3.17. The molecular formula is C16H17N5OS. The van der Waals surface area contributed by atoms with E-state index in [2.05, 4.69) is 15.5 Å². The van der Waals surface area contributed by atoms with E-state index in [0.29, 0.717) is 5.16 Å². The van der Waals surface area contributed by atoms with E-state index in [4.69, 9.17) is 0 Å². The van der Waals surface area contributed by atoms with Gasteiger partial charge in [0.2, 0.25) is 11.1 Å². The van der Waals surface area contributed by atoms with Crippen molar-refractivity contribution in [1.82, 2.24) is 19.5 Å². The molecule has 3 rings (SSSR count). The Labute approximate surface area is 138 Å². The molecule has 3 aromatic rings. The standard InChI is InChI=1S/C16H17N5OS/c1-12-5-6-14(9-13(12)2)18-15(22)10-23-16-19-17-11-21(16)20-7-3-4-8-20/h3-9,11H,10H2,1-2H3,(H,18,22). The second-order valence-corrected chi connectivity index (χ2v) is 6.10. The van der Waals surface area contributed by atoms with Gasteiger partial charge in [0.25, 0.3) is 0 Å². The number of amides is 1. The molecule has 1 aromatic carbocycles. The van der Waals surface area contributed by atoms with Crippen LogP contribution in [-0.4, -0.2) is 31.2 Å². The molecule has 0 radical (unpaired) electrons. The van der Waals surface area contributed by atoms with Crippen molar-refractivity contribution in [2.24, 2.45) is 0 Å². The highest BCUT2D eigenvalue weighted by molar-refractivity contribution is 7.99. The molecule has 7 heteroatoms. The van der Waals surface area contributed by atoms with Crippen LogP contribution in [0.3, 0.4) is 0 Å². The summed E-state index contributed by atoms with van der Waals surface area (Å²) in [6.45, 7) is 4.07. The summed E-state index contributed by atoms with van der Waals surface area (Å²) >= 11 is 1.34. The Morgan fingerprint density at radius 2 is 2.00 bits per heavy atom. The molecule has 1 N–H and O–H groups in total. The van der Waals surface area contributed by atoms with E-state index in [-0.39, 0.29) is 11.7 Å². The van der Waals surface area contributed by atoms with Gasteiger partial charge in [-0.3, -0.25) is 9.47 Å². The van der Waals surface area contributed by atoms with Crippen LogP contribution in [0, 0.1) is 13.8 Å². The molecule has 0 saturated carbocycles. The van der Waals surface area contributed by atoms with Crippen molar-refractivity contribution in [3.05, 3.63) is 60.2 Å². The van der Waals surface area contributed by atoms with Gasteiger partial charge in [0.15, 0.2) is 0 Å². The Balaban J connectivity index is 1.61. The van der Waals surface area contributed by atoms with Gasteiger partial charge >= 0.3 is 0 Å². The number of rotatable bonds is 5. The average Bonchev–Trinajstić information content (AvgIpc) is 3.19. The summed E-state index contributed by atoms with van der Waals surface area (Å²) in [4.78, 5) is 12.1. The molecule has 1 amide bonds. The zero-order valence-corrected chi connectivity index (χ0v) is 13.7. The summed E-state index contributed by atoms with van der Waals surface area (Å²) in [6, 6.07) is 9.72. The number of anilines is 1. The third-order valence-electron chi connectivity index (χ3n) is 3.46. The van der Waals surface area contributed by atoms with Gasteiger partial charge in [-0.1, -0.05) is 17.8 Å². The van der Waals surface area contributed by atoms with Gasteiger partial charge in [-0.25, -0.2) is 4.68 Å². The van der Waals surface area contributed by atoms with Crippen molar-refractivity contribution in [1.29, 1.82) is 0 Å². The maximum atomic E-state index is 12.1. The van der Waals surface area contributed by atoms with Crippen LogP contribution in [0.1, 0.15) is 11.1 Å². The minimum absolute atomic E-state index is 0.0692. The molecule has 118 valence electrons. The zero-order valence-electron chi connectivity index (χ0n) is 12.9. The fourth-order valence-corrected chi connectivity index (χ4v) is 2.80. The number of nitrogens with one attached hydrogen (secondary N) is 1. The van der Waals surface area contributed by atoms with Gasteiger partial charge in [0.05, 0.1) is 5.75 Å². The summed E-state index contributed by atoms with van der Waals surface area (Å²) < 4.78 is 3.64. The van der Waals surface area contributed by atoms with Crippen molar-refractivity contribution in [3.63, 3.8) is 0 Å². The molecule has 6 nitrogen and oxygen atoms in total. The van der Waals surface area contributed by atoms with Crippen LogP contribution < -0.4 is 5.32 Å². The molecule has 2 aromatic heterocycles. The van der Waals surface area contributed by atoms with Crippen LogP contribution >= 0.6 is 11.8 Å². The Morgan fingerprint density at radius 3 is 2.74 bits per heavy atom. The predicted molar refractivity (Wildman–Crippen MR) is 90.5 cm³/mol. The van der Waals surface area contributed by atoms with Crippen molar-refractivity contribution in [3.8, 4) is 0 Å². The number of carbonyl (C=O) groups excluding carboxylic acids is 1. The highest BCUT2D eigenvalue weighted by Gasteiger charge is 2.10. The number of hydrogen-bond donors (Lipinski definition) is 1. The fraction of sp³-hybridized carbons (Fsp3) is 0.188. The van der Waals surface area contributed by atoms with Gasteiger partial charge in [-0.05, 0) is 49.2 Å². The fourth-order valence-electron chi connectivity index (χ4n) is 2.09. The van der Waals surface area contributed by atoms with E-state index >= 15 is 0 Å². The second kappa shape index (κ2) is 6.70. The lowest BCUT2D eigenvalue weighted by Gasteiger charge is -2.08. The van der Waals surface area contributed by atoms with Gasteiger partial charge in [-0.15, -0.1) is 10.2 Å². The molecule has 0 fully saturated rings. The van der Waals surface area contributed by atoms with Crippen molar-refractivity contribution in [2.75, 3.05) is 11.1 Å². The molecule has 0 atom stereocenters. The quantitative estimate of drug-likeness (QED) is 0.732. The predicted octanol–water partition coefficient (Wildman–Crippen LogP) is 2.74. The van der Waals surface area contributed by atoms with E-state index in [1.165, 1.54) is 17.3 Å². The molecule has 23 heavy (non-hydrogen) atoms. The monoisotopic (exact) mass is 327 g/mol. The average molecular weight is 327 g/mol. The lowest BCUT2D eigenvalue weighted by Crippen LogP contribution is -2.15. The van der Waals surface area contributed by atoms with Crippen LogP contribution in [0.15, 0.2) is 54.2 Å². The van der Waals surface area contributed by atoms with Crippen molar-refractivity contribution >= 4 is 23.4 Å². The van der Waals surface area contributed by atoms with Crippen molar-refractivity contribution in [2.45, 2.75) is 19.0 Å². The molecular weight excluding hydrogens is 310 g/mol. The van der Waals surface area contributed by atoms with E-state index in [0.717, 1.165) is 11.3 Å². The first-order valence-corrected chi connectivity index (χ1v) is 8.15. The lowest BCUT2D eigenvalue weighted by molar-refractivity contribution is -0.113. The molecule has 0 unspecified atom stereocenters. The third kappa shape index (κ3) is 3.62. The molecule has 0 spiro atoms. The zero-order chi connectivity index (χ0) is 16.2. The highest BCUT2D eigenvalue weighted by atomic mass is 32.2. The SMILES string of the molecule is Cc1ccc(NC(=O)CSc2nncn2-n2cccc2)cc1C. The first-order valence-electron chi connectivity index (χ1n) is 7.17. The molecule has 0 aliphatic heterocycles. The first-order chi connectivity index (χ1) is 11.1. The van der Waals surface area contributed by atoms with Gasteiger partial charge in [0.1, 0.15) is 6.33 Å². The molecule has 0 aliphatic carbocycles. The Kier molecular flexibility index (Phi) is 4.47. The molecule has 2 heterocycles. The number of carbonyl (C=O) groups is 1. The topological polar surface area (TPSA) is 64.7 Å². The number of thioether (sulfide) groups is 1. The van der Waals surface area contributed by atoms with Crippen LogP contribution in [0.4, 0.5) is 5.69 Å². The minimum Gasteiger partial charge on any atom is -0.325 e. The normalized spacial score (nSPS) is 10.7. The van der Waals surface area contributed by atoms with Crippen LogP contribution in [0.5, 0.6) is 0 Å². The maximum absolute atomic E-state index is 12.1. The maximum Gasteiger partial charge on any atom is 0.234 e. The molecule has 0 aliphatic rings. The van der Waals surface area contributed by atoms with Crippen LogP contribution in [0.25, 0.3) is 0 Å². The summed E-state index contributed by atoms with van der Waals surface area (Å²) in [6.07, 6.45) is 5.40. The minimum atomic E-state index is -0.0692.